The van der Waals surface area contributed by atoms with Crippen LogP contribution in [0.15, 0.2) is 71.7 Å². The van der Waals surface area contributed by atoms with Crippen LogP contribution in [-0.4, -0.2) is 73.6 Å². The van der Waals surface area contributed by atoms with Crippen LogP contribution >= 0.6 is 11.6 Å². The molecule has 0 aliphatic rings. The van der Waals surface area contributed by atoms with Crippen LogP contribution in [0.3, 0.4) is 0 Å². The van der Waals surface area contributed by atoms with Gasteiger partial charge in [0.25, 0.3) is 0 Å². The Bertz CT molecular complexity index is 1650. The fourth-order valence-corrected chi connectivity index (χ4v) is 5.43. The molecule has 3 N–H and O–H groups in total. The number of aliphatic imine (C=N–C) groups is 1. The molecule has 4 aromatic rings. The van der Waals surface area contributed by atoms with Gasteiger partial charge in [-0.1, -0.05) is 41.9 Å². The SMILES string of the molecule is CN(C)CCN(c1ccc(N=C(c2ccc(CCC(=O)O)cc2)c2c(O)[nH]c3cc(Cl)ccc23)cc1)S(C)(=O)=O. The second kappa shape index (κ2) is 12.1. The molecule has 0 bridgehead atoms. The molecule has 40 heavy (non-hydrogen) atoms. The van der Waals surface area contributed by atoms with Crippen molar-refractivity contribution in [1.29, 1.82) is 0 Å². The minimum atomic E-state index is -3.49. The maximum absolute atomic E-state index is 12.5. The van der Waals surface area contributed by atoms with Crippen LogP contribution in [0.5, 0.6) is 5.88 Å². The normalized spacial score (nSPS) is 12.3. The third-order valence-corrected chi connectivity index (χ3v) is 7.79. The first-order chi connectivity index (χ1) is 18.9. The zero-order valence-electron chi connectivity index (χ0n) is 22.4. The Hall–Kier alpha value is -3.86. The Morgan fingerprint density at radius 1 is 1.00 bits per heavy atom. The van der Waals surface area contributed by atoms with Gasteiger partial charge in [0.15, 0.2) is 5.88 Å². The van der Waals surface area contributed by atoms with E-state index in [1.54, 1.807) is 42.5 Å². The second-order valence-corrected chi connectivity index (χ2v) is 12.1. The fraction of sp³-hybridized carbons (Fsp3) is 0.241. The molecule has 0 radical (unpaired) electrons. The number of H-pyrrole nitrogens is 1. The van der Waals surface area contributed by atoms with E-state index in [4.69, 9.17) is 21.7 Å². The van der Waals surface area contributed by atoms with Gasteiger partial charge in [-0.25, -0.2) is 13.4 Å². The first-order valence-corrected chi connectivity index (χ1v) is 14.8. The minimum absolute atomic E-state index is 0.0235. The van der Waals surface area contributed by atoms with Gasteiger partial charge in [-0.05, 0) is 62.5 Å². The molecule has 1 heterocycles. The smallest absolute Gasteiger partial charge is 0.303 e. The number of aromatic amines is 1. The molecule has 0 spiro atoms. The predicted molar refractivity (Wildman–Crippen MR) is 160 cm³/mol. The maximum atomic E-state index is 12.5. The van der Waals surface area contributed by atoms with Gasteiger partial charge in [-0.3, -0.25) is 9.10 Å². The third-order valence-electron chi connectivity index (χ3n) is 6.36. The number of aryl methyl sites for hydroxylation is 1. The van der Waals surface area contributed by atoms with E-state index in [0.29, 0.717) is 58.3 Å². The molecule has 4 rings (SSSR count). The monoisotopic (exact) mass is 582 g/mol. The van der Waals surface area contributed by atoms with E-state index in [-0.39, 0.29) is 12.3 Å². The molecule has 0 fully saturated rings. The summed E-state index contributed by atoms with van der Waals surface area (Å²) in [6.07, 6.45) is 1.60. The van der Waals surface area contributed by atoms with Crippen LogP contribution in [-0.2, 0) is 21.2 Å². The number of aromatic nitrogens is 1. The highest BCUT2D eigenvalue weighted by atomic mass is 35.5. The van der Waals surface area contributed by atoms with E-state index in [2.05, 4.69) is 4.98 Å². The number of hydrogen-bond acceptors (Lipinski definition) is 6. The van der Waals surface area contributed by atoms with E-state index in [1.807, 2.05) is 43.3 Å². The van der Waals surface area contributed by atoms with Crippen molar-refractivity contribution < 1.29 is 23.4 Å². The number of nitrogens with one attached hydrogen (secondary N) is 1. The number of carboxylic acids is 1. The number of carboxylic acid groups (broad SMARTS) is 1. The molecule has 0 amide bonds. The summed E-state index contributed by atoms with van der Waals surface area (Å²) in [7, 11) is 0.273. The fourth-order valence-electron chi connectivity index (χ4n) is 4.34. The molecular formula is C29H31ClN4O5S. The van der Waals surface area contributed by atoms with Gasteiger partial charge < -0.3 is 20.1 Å². The van der Waals surface area contributed by atoms with Gasteiger partial charge in [-0.2, -0.15) is 0 Å². The van der Waals surface area contributed by atoms with Gasteiger partial charge in [0.1, 0.15) is 0 Å². The predicted octanol–water partition coefficient (Wildman–Crippen LogP) is 5.04. The van der Waals surface area contributed by atoms with Crippen LogP contribution < -0.4 is 4.31 Å². The van der Waals surface area contributed by atoms with Gasteiger partial charge >= 0.3 is 5.97 Å². The lowest BCUT2D eigenvalue weighted by Gasteiger charge is -2.24. The first kappa shape index (κ1) is 29.1. The molecule has 0 aliphatic carbocycles. The van der Waals surface area contributed by atoms with Gasteiger partial charge in [-0.15, -0.1) is 0 Å². The van der Waals surface area contributed by atoms with Crippen molar-refractivity contribution in [3.63, 3.8) is 0 Å². The number of hydrogen-bond donors (Lipinski definition) is 3. The summed E-state index contributed by atoms with van der Waals surface area (Å²) in [5.74, 6) is -0.942. The Morgan fingerprint density at radius 3 is 2.27 bits per heavy atom. The van der Waals surface area contributed by atoms with Crippen molar-refractivity contribution >= 4 is 55.6 Å². The lowest BCUT2D eigenvalue weighted by Crippen LogP contribution is -2.35. The topological polar surface area (TPSA) is 126 Å². The van der Waals surface area contributed by atoms with E-state index in [0.717, 1.165) is 10.9 Å². The van der Waals surface area contributed by atoms with Crippen molar-refractivity contribution in [1.82, 2.24) is 9.88 Å². The number of carbonyl (C=O) groups is 1. The van der Waals surface area contributed by atoms with Crippen LogP contribution in [0.4, 0.5) is 11.4 Å². The van der Waals surface area contributed by atoms with Crippen LogP contribution in [0.1, 0.15) is 23.1 Å². The van der Waals surface area contributed by atoms with E-state index < -0.39 is 16.0 Å². The molecule has 3 aromatic carbocycles. The van der Waals surface area contributed by atoms with Gasteiger partial charge in [0.05, 0.1) is 34.4 Å². The zero-order valence-corrected chi connectivity index (χ0v) is 24.0. The van der Waals surface area contributed by atoms with E-state index in [1.165, 1.54) is 10.6 Å². The Morgan fingerprint density at radius 2 is 1.68 bits per heavy atom. The highest BCUT2D eigenvalue weighted by Gasteiger charge is 2.20. The molecule has 0 saturated carbocycles. The molecule has 9 nitrogen and oxygen atoms in total. The number of fused-ring (bicyclic) bond motifs is 1. The molecule has 0 unspecified atom stereocenters. The summed E-state index contributed by atoms with van der Waals surface area (Å²) in [5, 5.41) is 21.2. The number of aliphatic carboxylic acids is 1. The summed E-state index contributed by atoms with van der Waals surface area (Å²) in [6.45, 7) is 0.864. The quantitative estimate of drug-likeness (QED) is 0.213. The maximum Gasteiger partial charge on any atom is 0.303 e. The molecule has 210 valence electrons. The largest absolute Gasteiger partial charge is 0.494 e. The van der Waals surface area contributed by atoms with Crippen LogP contribution in [0.2, 0.25) is 5.02 Å². The van der Waals surface area contributed by atoms with E-state index in [9.17, 15) is 18.3 Å². The van der Waals surface area contributed by atoms with Crippen LogP contribution in [0, 0.1) is 0 Å². The standard InChI is InChI=1S/C29H31ClN4O5S/c1-33(2)16-17-34(40(3,38)39)23-12-10-22(11-13-23)31-28(20-7-4-19(5-8-20)6-15-26(35)36)27-24-14-9-21(30)18-25(24)32-29(27)37/h4-5,7-14,18,32,37H,6,15-17H2,1-3H3,(H,35,36). The van der Waals surface area contributed by atoms with Gasteiger partial charge in [0, 0.05) is 35.5 Å². The number of likely N-dealkylation sites (N-methyl/N-ethyl adjacent to an activating group) is 1. The number of benzene rings is 3. The van der Waals surface area contributed by atoms with Gasteiger partial charge in [0.2, 0.25) is 10.0 Å². The molecular weight excluding hydrogens is 552 g/mol. The van der Waals surface area contributed by atoms with Crippen molar-refractivity contribution in [2.45, 2.75) is 12.8 Å². The zero-order chi connectivity index (χ0) is 29.0. The molecule has 1 aromatic heterocycles. The Labute approximate surface area is 238 Å². The number of sulfonamides is 1. The molecule has 0 aliphatic heterocycles. The molecule has 11 heteroatoms. The lowest BCUT2D eigenvalue weighted by atomic mass is 9.98. The molecule has 0 atom stereocenters. The summed E-state index contributed by atoms with van der Waals surface area (Å²) in [5.41, 5.74) is 4.26. The Kier molecular flexibility index (Phi) is 8.82. The summed E-state index contributed by atoms with van der Waals surface area (Å²) in [6, 6.07) is 19.5. The van der Waals surface area contributed by atoms with E-state index >= 15 is 0 Å². The Balaban J connectivity index is 1.78. The third kappa shape index (κ3) is 7.01. The van der Waals surface area contributed by atoms with Crippen molar-refractivity contribution in [3.8, 4) is 5.88 Å². The number of rotatable bonds is 11. The van der Waals surface area contributed by atoms with Crippen LogP contribution in [0.25, 0.3) is 10.9 Å². The number of halogens is 1. The molecule has 0 saturated heterocycles. The van der Waals surface area contributed by atoms with Crippen molar-refractivity contribution in [2.75, 3.05) is 37.7 Å². The summed E-state index contributed by atoms with van der Waals surface area (Å²) in [4.78, 5) is 20.7. The average molecular weight is 583 g/mol. The summed E-state index contributed by atoms with van der Waals surface area (Å²) < 4.78 is 26.3. The number of aromatic hydroxyl groups is 1. The van der Waals surface area contributed by atoms with Crippen molar-refractivity contribution in [3.05, 3.63) is 88.4 Å². The highest BCUT2D eigenvalue weighted by Crippen LogP contribution is 2.33. The first-order valence-electron chi connectivity index (χ1n) is 12.6. The number of nitrogens with zero attached hydrogens (tertiary/aromatic N) is 3. The minimum Gasteiger partial charge on any atom is -0.494 e. The van der Waals surface area contributed by atoms with Crippen molar-refractivity contribution in [2.24, 2.45) is 4.99 Å². The number of anilines is 1. The summed E-state index contributed by atoms with van der Waals surface area (Å²) >= 11 is 6.16. The second-order valence-electron chi connectivity index (χ2n) is 9.74. The highest BCUT2D eigenvalue weighted by molar-refractivity contribution is 7.92. The lowest BCUT2D eigenvalue weighted by molar-refractivity contribution is -0.136. The average Bonchev–Trinajstić information content (AvgIpc) is 3.20.